The Labute approximate surface area is 143 Å². The molecule has 4 nitrogen and oxygen atoms in total. The molecule has 24 heavy (non-hydrogen) atoms. The molecule has 1 aromatic heterocycles. The molecule has 120 valence electrons. The van der Waals surface area contributed by atoms with Crippen molar-refractivity contribution in [1.82, 2.24) is 4.57 Å². The van der Waals surface area contributed by atoms with Crippen molar-refractivity contribution in [2.24, 2.45) is 7.05 Å². The van der Waals surface area contributed by atoms with Crippen LogP contribution in [0.1, 0.15) is 23.5 Å². The van der Waals surface area contributed by atoms with Crippen molar-refractivity contribution in [2.45, 2.75) is 12.3 Å². The number of halogens is 1. The fourth-order valence-corrected chi connectivity index (χ4v) is 3.54. The number of carbonyl (C=O) groups excluding carboxylic acids is 1. The van der Waals surface area contributed by atoms with Crippen LogP contribution in [0, 0.1) is 0 Å². The molecular weight excluding hydrogens is 326 g/mol. The molecule has 0 aliphatic carbocycles. The van der Waals surface area contributed by atoms with Gasteiger partial charge in [0.2, 0.25) is 0 Å². The van der Waals surface area contributed by atoms with Gasteiger partial charge in [0.15, 0.2) is 0 Å². The summed E-state index contributed by atoms with van der Waals surface area (Å²) in [5, 5.41) is 1.33. The SMILES string of the molecule is Cn1c(=O)c2c(c3ccccc31)OC(=O)C[C@H]2c1cccc(Cl)c1. The molecule has 0 amide bonds. The Morgan fingerprint density at radius 1 is 1.12 bits per heavy atom. The predicted molar refractivity (Wildman–Crippen MR) is 92.7 cm³/mol. The van der Waals surface area contributed by atoms with E-state index in [9.17, 15) is 9.59 Å². The molecule has 2 aromatic carbocycles. The Kier molecular flexibility index (Phi) is 3.43. The Bertz CT molecular complexity index is 1040. The molecule has 4 rings (SSSR count). The van der Waals surface area contributed by atoms with Crippen LogP contribution in [-0.4, -0.2) is 10.5 Å². The van der Waals surface area contributed by atoms with E-state index in [1.165, 1.54) is 0 Å². The molecule has 0 spiro atoms. The van der Waals surface area contributed by atoms with Crippen LogP contribution in [-0.2, 0) is 11.8 Å². The van der Waals surface area contributed by atoms with Crippen molar-refractivity contribution in [3.05, 3.63) is 75.0 Å². The second kappa shape index (κ2) is 5.49. The highest BCUT2D eigenvalue weighted by Crippen LogP contribution is 2.40. The largest absolute Gasteiger partial charge is 0.425 e. The van der Waals surface area contributed by atoms with Crippen LogP contribution in [0.5, 0.6) is 5.75 Å². The van der Waals surface area contributed by atoms with Gasteiger partial charge in [-0.1, -0.05) is 35.9 Å². The zero-order valence-electron chi connectivity index (χ0n) is 13.0. The number of fused-ring (bicyclic) bond motifs is 3. The fourth-order valence-electron chi connectivity index (χ4n) is 3.34. The maximum absolute atomic E-state index is 12.9. The Balaban J connectivity index is 2.07. The van der Waals surface area contributed by atoms with Crippen LogP contribution in [0.2, 0.25) is 5.02 Å². The highest BCUT2D eigenvalue weighted by molar-refractivity contribution is 6.30. The average Bonchev–Trinajstić information content (AvgIpc) is 2.59. The molecular formula is C19H14ClNO3. The molecule has 0 radical (unpaired) electrons. The minimum Gasteiger partial charge on any atom is -0.425 e. The van der Waals surface area contributed by atoms with Crippen LogP contribution < -0.4 is 10.3 Å². The van der Waals surface area contributed by atoms with Gasteiger partial charge in [0, 0.05) is 23.4 Å². The van der Waals surface area contributed by atoms with Crippen molar-refractivity contribution >= 4 is 28.5 Å². The number of aromatic nitrogens is 1. The Morgan fingerprint density at radius 2 is 1.92 bits per heavy atom. The lowest BCUT2D eigenvalue weighted by Crippen LogP contribution is -2.31. The zero-order valence-corrected chi connectivity index (χ0v) is 13.7. The van der Waals surface area contributed by atoms with E-state index in [2.05, 4.69) is 0 Å². The van der Waals surface area contributed by atoms with Gasteiger partial charge in [-0.25, -0.2) is 0 Å². The predicted octanol–water partition coefficient (Wildman–Crippen LogP) is 3.63. The molecule has 0 saturated heterocycles. The molecule has 2 heterocycles. The van der Waals surface area contributed by atoms with Gasteiger partial charge in [-0.15, -0.1) is 0 Å². The van der Waals surface area contributed by atoms with Gasteiger partial charge in [0.05, 0.1) is 17.5 Å². The number of aryl methyl sites for hydroxylation is 1. The summed E-state index contributed by atoms with van der Waals surface area (Å²) in [6, 6.07) is 14.7. The monoisotopic (exact) mass is 339 g/mol. The summed E-state index contributed by atoms with van der Waals surface area (Å²) in [6.07, 6.45) is 0.126. The zero-order chi connectivity index (χ0) is 16.8. The van der Waals surface area contributed by atoms with Crippen molar-refractivity contribution in [2.75, 3.05) is 0 Å². The van der Waals surface area contributed by atoms with Gasteiger partial charge in [-0.05, 0) is 29.8 Å². The third-order valence-corrected chi connectivity index (χ3v) is 4.71. The van der Waals surface area contributed by atoms with Crippen LogP contribution in [0.4, 0.5) is 0 Å². The normalized spacial score (nSPS) is 16.8. The number of hydrogen-bond acceptors (Lipinski definition) is 3. The number of benzene rings is 2. The number of carbonyl (C=O) groups is 1. The standard InChI is InChI=1S/C19H14ClNO3/c1-21-15-8-3-2-7-13(15)18-17(19(21)23)14(10-16(22)24-18)11-5-4-6-12(20)9-11/h2-9,14H,10H2,1H3/t14-/m0/s1. The van der Waals surface area contributed by atoms with Crippen molar-refractivity contribution in [3.63, 3.8) is 0 Å². The van der Waals surface area contributed by atoms with E-state index in [0.29, 0.717) is 16.3 Å². The third-order valence-electron chi connectivity index (χ3n) is 4.48. The lowest BCUT2D eigenvalue weighted by Gasteiger charge is -2.26. The van der Waals surface area contributed by atoms with E-state index >= 15 is 0 Å². The summed E-state index contributed by atoms with van der Waals surface area (Å²) >= 11 is 6.09. The Morgan fingerprint density at radius 3 is 2.71 bits per heavy atom. The van der Waals surface area contributed by atoms with Crippen LogP contribution in [0.25, 0.3) is 10.9 Å². The molecule has 0 fully saturated rings. The Hall–Kier alpha value is -2.59. The molecule has 0 saturated carbocycles. The second-order valence-electron chi connectivity index (χ2n) is 5.91. The summed E-state index contributed by atoms with van der Waals surface area (Å²) < 4.78 is 7.08. The first-order valence-electron chi connectivity index (χ1n) is 7.64. The number of rotatable bonds is 1. The van der Waals surface area contributed by atoms with E-state index in [0.717, 1.165) is 16.5 Å². The smallest absolute Gasteiger partial charge is 0.312 e. The highest BCUT2D eigenvalue weighted by Gasteiger charge is 2.33. The lowest BCUT2D eigenvalue weighted by atomic mass is 9.86. The van der Waals surface area contributed by atoms with E-state index in [-0.39, 0.29) is 23.9 Å². The number of nitrogens with zero attached hydrogens (tertiary/aromatic N) is 1. The summed E-state index contributed by atoms with van der Waals surface area (Å²) in [6.45, 7) is 0. The maximum atomic E-state index is 12.9. The number of esters is 1. The minimum absolute atomic E-state index is 0.126. The molecule has 0 N–H and O–H groups in total. The third kappa shape index (κ3) is 2.22. The topological polar surface area (TPSA) is 48.3 Å². The molecule has 3 aromatic rings. The minimum atomic E-state index is -0.358. The summed E-state index contributed by atoms with van der Waals surface area (Å²) in [4.78, 5) is 25.1. The summed E-state index contributed by atoms with van der Waals surface area (Å²) in [7, 11) is 1.73. The van der Waals surface area contributed by atoms with Gasteiger partial charge >= 0.3 is 5.97 Å². The molecule has 0 unspecified atom stereocenters. The van der Waals surface area contributed by atoms with E-state index in [1.54, 1.807) is 23.7 Å². The second-order valence-corrected chi connectivity index (χ2v) is 6.35. The molecule has 1 aliphatic rings. The molecule has 0 bridgehead atoms. The van der Waals surface area contributed by atoms with Crippen LogP contribution >= 0.6 is 11.6 Å². The number of hydrogen-bond donors (Lipinski definition) is 0. The van der Waals surface area contributed by atoms with Crippen molar-refractivity contribution < 1.29 is 9.53 Å². The quantitative estimate of drug-likeness (QED) is 0.636. The van der Waals surface area contributed by atoms with Crippen LogP contribution in [0.15, 0.2) is 53.3 Å². The maximum Gasteiger partial charge on any atom is 0.312 e. The number of pyridine rings is 1. The van der Waals surface area contributed by atoms with Crippen molar-refractivity contribution in [1.29, 1.82) is 0 Å². The van der Waals surface area contributed by atoms with Gasteiger partial charge in [0.25, 0.3) is 5.56 Å². The van der Waals surface area contributed by atoms with Gasteiger partial charge < -0.3 is 9.30 Å². The number of para-hydroxylation sites is 1. The van der Waals surface area contributed by atoms with Gasteiger partial charge in [-0.2, -0.15) is 0 Å². The summed E-state index contributed by atoms with van der Waals surface area (Å²) in [5.74, 6) is -0.330. The summed E-state index contributed by atoms with van der Waals surface area (Å²) in [5.41, 5.74) is 1.94. The first-order valence-corrected chi connectivity index (χ1v) is 8.02. The van der Waals surface area contributed by atoms with E-state index in [1.807, 2.05) is 36.4 Å². The molecule has 1 atom stereocenters. The van der Waals surface area contributed by atoms with Gasteiger partial charge in [-0.3, -0.25) is 9.59 Å². The van der Waals surface area contributed by atoms with Gasteiger partial charge in [0.1, 0.15) is 5.75 Å². The first-order chi connectivity index (χ1) is 11.6. The van der Waals surface area contributed by atoms with Crippen LogP contribution in [0.3, 0.4) is 0 Å². The van der Waals surface area contributed by atoms with E-state index < -0.39 is 0 Å². The molecule has 1 aliphatic heterocycles. The highest BCUT2D eigenvalue weighted by atomic mass is 35.5. The lowest BCUT2D eigenvalue weighted by molar-refractivity contribution is -0.135. The first kappa shape index (κ1) is 15.0. The van der Waals surface area contributed by atoms with Crippen molar-refractivity contribution in [3.8, 4) is 5.75 Å². The molecule has 5 heteroatoms. The fraction of sp³-hybridized carbons (Fsp3) is 0.158. The number of ether oxygens (including phenoxy) is 1. The average molecular weight is 340 g/mol. The van der Waals surface area contributed by atoms with E-state index in [4.69, 9.17) is 16.3 Å².